The largest absolute Gasteiger partial charge is 0.497 e. The van der Waals surface area contributed by atoms with Crippen LogP contribution in [0.4, 0.5) is 5.69 Å². The lowest BCUT2D eigenvalue weighted by molar-refractivity contribution is -0.113. The van der Waals surface area contributed by atoms with Crippen molar-refractivity contribution in [2.24, 2.45) is 5.92 Å². The quantitative estimate of drug-likeness (QED) is 0.341. The molecule has 0 radical (unpaired) electrons. The second-order valence-corrected chi connectivity index (χ2v) is 10.1. The lowest BCUT2D eigenvalue weighted by Gasteiger charge is -2.22. The van der Waals surface area contributed by atoms with E-state index < -0.39 is 0 Å². The van der Waals surface area contributed by atoms with Crippen LogP contribution >= 0.6 is 11.8 Å². The molecule has 1 atom stereocenters. The van der Waals surface area contributed by atoms with Crippen LogP contribution in [0, 0.1) is 5.92 Å². The van der Waals surface area contributed by atoms with Crippen LogP contribution < -0.4 is 15.4 Å². The number of carbonyl (C=O) groups is 2. The van der Waals surface area contributed by atoms with E-state index in [-0.39, 0.29) is 29.5 Å². The molecule has 0 aliphatic rings. The highest BCUT2D eigenvalue weighted by Crippen LogP contribution is 2.26. The van der Waals surface area contributed by atoms with Crippen molar-refractivity contribution >= 4 is 29.3 Å². The molecule has 0 saturated carbocycles. The number of benzene rings is 2. The van der Waals surface area contributed by atoms with E-state index in [0.29, 0.717) is 34.8 Å². The summed E-state index contributed by atoms with van der Waals surface area (Å²) in [5.41, 5.74) is 2.53. The number of amides is 2. The third kappa shape index (κ3) is 6.87. The maximum Gasteiger partial charge on any atom is 0.251 e. The van der Waals surface area contributed by atoms with Crippen LogP contribution in [0.15, 0.2) is 53.7 Å². The standard InChI is InChI=1S/C27H35N5O3S/c1-7-32-25(24(18(4)5)29-26(34)20-10-14-22(35-6)15-11-20)30-31-27(32)36-16-23(33)28-21-12-8-19(9-13-21)17(2)3/h8-15,17-18,24H,7,16H2,1-6H3,(H,28,33)(H,29,34)/t24-/m0/s1. The Hall–Kier alpha value is -3.33. The van der Waals surface area contributed by atoms with Crippen LogP contribution in [0.5, 0.6) is 5.75 Å². The van der Waals surface area contributed by atoms with Gasteiger partial charge in [0.15, 0.2) is 11.0 Å². The fourth-order valence-corrected chi connectivity index (χ4v) is 4.52. The maximum absolute atomic E-state index is 12.9. The average Bonchev–Trinajstić information content (AvgIpc) is 3.28. The van der Waals surface area contributed by atoms with Gasteiger partial charge in [0.2, 0.25) is 5.91 Å². The highest BCUT2D eigenvalue weighted by Gasteiger charge is 2.26. The smallest absolute Gasteiger partial charge is 0.251 e. The fourth-order valence-electron chi connectivity index (χ4n) is 3.71. The molecule has 1 heterocycles. The summed E-state index contributed by atoms with van der Waals surface area (Å²) in [6, 6.07) is 14.5. The Balaban J connectivity index is 1.67. The number of methoxy groups -OCH3 is 1. The minimum atomic E-state index is -0.338. The normalized spacial score (nSPS) is 12.0. The number of carbonyl (C=O) groups excluding carboxylic acids is 2. The van der Waals surface area contributed by atoms with Gasteiger partial charge in [-0.3, -0.25) is 9.59 Å². The van der Waals surface area contributed by atoms with E-state index in [4.69, 9.17) is 4.74 Å². The zero-order valence-corrected chi connectivity index (χ0v) is 22.6. The van der Waals surface area contributed by atoms with Gasteiger partial charge in [-0.15, -0.1) is 10.2 Å². The number of aromatic nitrogens is 3. The van der Waals surface area contributed by atoms with Crippen molar-refractivity contribution in [2.75, 3.05) is 18.2 Å². The van der Waals surface area contributed by atoms with E-state index in [1.54, 1.807) is 31.4 Å². The van der Waals surface area contributed by atoms with E-state index >= 15 is 0 Å². The van der Waals surface area contributed by atoms with Crippen molar-refractivity contribution in [1.29, 1.82) is 0 Å². The summed E-state index contributed by atoms with van der Waals surface area (Å²) in [6.45, 7) is 10.9. The van der Waals surface area contributed by atoms with Gasteiger partial charge in [0, 0.05) is 17.8 Å². The van der Waals surface area contributed by atoms with Gasteiger partial charge in [-0.1, -0.05) is 51.6 Å². The number of hydrogen-bond acceptors (Lipinski definition) is 6. The van der Waals surface area contributed by atoms with Crippen molar-refractivity contribution in [3.05, 3.63) is 65.5 Å². The van der Waals surface area contributed by atoms with Gasteiger partial charge in [0.25, 0.3) is 5.91 Å². The number of nitrogens with one attached hydrogen (secondary N) is 2. The van der Waals surface area contributed by atoms with Gasteiger partial charge >= 0.3 is 0 Å². The molecule has 0 aliphatic carbocycles. The second kappa shape index (κ2) is 12.6. The molecule has 0 fully saturated rings. The molecule has 9 heteroatoms. The molecular formula is C27H35N5O3S. The first-order chi connectivity index (χ1) is 17.2. The molecule has 3 rings (SSSR count). The van der Waals surface area contributed by atoms with E-state index in [1.165, 1.54) is 17.3 Å². The van der Waals surface area contributed by atoms with Gasteiger partial charge in [-0.25, -0.2) is 0 Å². The molecule has 8 nitrogen and oxygen atoms in total. The summed E-state index contributed by atoms with van der Waals surface area (Å²) < 4.78 is 7.13. The Morgan fingerprint density at radius 1 is 1.00 bits per heavy atom. The predicted molar refractivity (Wildman–Crippen MR) is 144 cm³/mol. The highest BCUT2D eigenvalue weighted by atomic mass is 32.2. The van der Waals surface area contributed by atoms with Crippen molar-refractivity contribution in [2.45, 2.75) is 58.3 Å². The first-order valence-corrected chi connectivity index (χ1v) is 13.1. The molecule has 0 spiro atoms. The number of hydrogen-bond donors (Lipinski definition) is 2. The fraction of sp³-hybridized carbons (Fsp3) is 0.407. The lowest BCUT2D eigenvalue weighted by atomic mass is 10.0. The van der Waals surface area contributed by atoms with Crippen molar-refractivity contribution in [3.63, 3.8) is 0 Å². The first-order valence-electron chi connectivity index (χ1n) is 12.1. The van der Waals surface area contributed by atoms with Gasteiger partial charge in [-0.05, 0) is 60.7 Å². The van der Waals surface area contributed by atoms with E-state index in [0.717, 1.165) is 5.69 Å². The molecule has 2 amide bonds. The van der Waals surface area contributed by atoms with Crippen molar-refractivity contribution in [3.8, 4) is 5.75 Å². The molecule has 0 unspecified atom stereocenters. The Bertz CT molecular complexity index is 1160. The van der Waals surface area contributed by atoms with E-state index in [1.807, 2.05) is 49.6 Å². The second-order valence-electron chi connectivity index (χ2n) is 9.12. The molecular weight excluding hydrogens is 474 g/mol. The van der Waals surface area contributed by atoms with Gasteiger partial charge in [-0.2, -0.15) is 0 Å². The predicted octanol–water partition coefficient (Wildman–Crippen LogP) is 5.29. The van der Waals surface area contributed by atoms with Gasteiger partial charge in [0.05, 0.1) is 18.9 Å². The lowest BCUT2D eigenvalue weighted by Crippen LogP contribution is -2.33. The third-order valence-electron chi connectivity index (χ3n) is 5.84. The summed E-state index contributed by atoms with van der Waals surface area (Å²) in [5, 5.41) is 15.4. The molecule has 1 aromatic heterocycles. The number of anilines is 1. The van der Waals surface area contributed by atoms with E-state index in [9.17, 15) is 9.59 Å². The first kappa shape index (κ1) is 27.3. The number of thioether (sulfide) groups is 1. The van der Waals surface area contributed by atoms with Crippen LogP contribution in [-0.4, -0.2) is 39.4 Å². The molecule has 192 valence electrons. The SMILES string of the molecule is CCn1c(SCC(=O)Nc2ccc(C(C)C)cc2)nnc1[C@@H](NC(=O)c1ccc(OC)cc1)C(C)C. The summed E-state index contributed by atoms with van der Waals surface area (Å²) >= 11 is 1.33. The zero-order chi connectivity index (χ0) is 26.2. The van der Waals surface area contributed by atoms with E-state index in [2.05, 4.69) is 34.7 Å². The molecule has 2 N–H and O–H groups in total. The molecule has 0 aliphatic heterocycles. The molecule has 3 aromatic rings. The topological polar surface area (TPSA) is 98.1 Å². The molecule has 36 heavy (non-hydrogen) atoms. The Morgan fingerprint density at radius 2 is 1.67 bits per heavy atom. The molecule has 2 aromatic carbocycles. The van der Waals surface area contributed by atoms with Gasteiger partial charge < -0.3 is 19.9 Å². The Labute approximate surface area is 217 Å². The van der Waals surface area contributed by atoms with Crippen LogP contribution in [0.3, 0.4) is 0 Å². The summed E-state index contributed by atoms with van der Waals surface area (Å²) in [7, 11) is 1.59. The average molecular weight is 510 g/mol. The summed E-state index contributed by atoms with van der Waals surface area (Å²) in [6.07, 6.45) is 0. The number of ether oxygens (including phenoxy) is 1. The molecule has 0 bridgehead atoms. The minimum Gasteiger partial charge on any atom is -0.497 e. The van der Waals surface area contributed by atoms with Crippen molar-refractivity contribution in [1.82, 2.24) is 20.1 Å². The Morgan fingerprint density at radius 3 is 2.22 bits per heavy atom. The Kier molecular flexibility index (Phi) is 9.52. The van der Waals surface area contributed by atoms with Crippen LogP contribution in [0.25, 0.3) is 0 Å². The number of nitrogens with zero attached hydrogens (tertiary/aromatic N) is 3. The van der Waals surface area contributed by atoms with Crippen LogP contribution in [0.2, 0.25) is 0 Å². The zero-order valence-electron chi connectivity index (χ0n) is 21.7. The summed E-state index contributed by atoms with van der Waals surface area (Å²) in [4.78, 5) is 25.5. The monoisotopic (exact) mass is 509 g/mol. The van der Waals surface area contributed by atoms with Crippen LogP contribution in [-0.2, 0) is 11.3 Å². The number of rotatable bonds is 11. The van der Waals surface area contributed by atoms with Crippen molar-refractivity contribution < 1.29 is 14.3 Å². The maximum atomic E-state index is 12.9. The summed E-state index contributed by atoms with van der Waals surface area (Å²) in [5.74, 6) is 1.77. The minimum absolute atomic E-state index is 0.0802. The van der Waals surface area contributed by atoms with Crippen LogP contribution in [0.1, 0.15) is 68.3 Å². The molecule has 0 saturated heterocycles. The highest BCUT2D eigenvalue weighted by molar-refractivity contribution is 7.99. The van der Waals surface area contributed by atoms with Gasteiger partial charge in [0.1, 0.15) is 5.75 Å². The third-order valence-corrected chi connectivity index (χ3v) is 6.81.